The third-order valence-corrected chi connectivity index (χ3v) is 1.32. The molecule has 0 saturated heterocycles. The van der Waals surface area contributed by atoms with E-state index in [1.54, 1.807) is 0 Å². The standard InChI is InChI=1S/C6H10N2/c1-5-3-4-7-8-6(5)2/h3,7H,4H2,1-2H3. The highest BCUT2D eigenvalue weighted by atomic mass is 15.3. The van der Waals surface area contributed by atoms with Gasteiger partial charge in [0, 0.05) is 0 Å². The van der Waals surface area contributed by atoms with Crippen LogP contribution in [0.15, 0.2) is 16.8 Å². The van der Waals surface area contributed by atoms with E-state index < -0.39 is 0 Å². The van der Waals surface area contributed by atoms with Crippen molar-refractivity contribution in [1.82, 2.24) is 5.43 Å². The fourth-order valence-corrected chi connectivity index (χ4v) is 0.599. The Morgan fingerprint density at radius 1 is 1.62 bits per heavy atom. The Labute approximate surface area is 49.3 Å². The predicted molar refractivity (Wildman–Crippen MR) is 34.9 cm³/mol. The summed E-state index contributed by atoms with van der Waals surface area (Å²) in [5, 5.41) is 4.01. The first kappa shape index (κ1) is 5.35. The summed E-state index contributed by atoms with van der Waals surface area (Å²) in [4.78, 5) is 0. The van der Waals surface area contributed by atoms with Gasteiger partial charge in [0.1, 0.15) is 0 Å². The molecule has 0 aromatic heterocycles. The van der Waals surface area contributed by atoms with Crippen LogP contribution < -0.4 is 5.43 Å². The highest BCUT2D eigenvalue weighted by molar-refractivity contribution is 5.97. The summed E-state index contributed by atoms with van der Waals surface area (Å²) >= 11 is 0. The van der Waals surface area contributed by atoms with Crippen molar-refractivity contribution >= 4 is 5.71 Å². The lowest BCUT2D eigenvalue weighted by Gasteiger charge is -2.06. The summed E-state index contributed by atoms with van der Waals surface area (Å²) in [5.74, 6) is 0. The van der Waals surface area contributed by atoms with Crippen LogP contribution in [0.3, 0.4) is 0 Å². The van der Waals surface area contributed by atoms with Gasteiger partial charge in [0.2, 0.25) is 0 Å². The molecule has 0 unspecified atom stereocenters. The third-order valence-electron chi connectivity index (χ3n) is 1.32. The lowest BCUT2D eigenvalue weighted by molar-refractivity contribution is 0.808. The van der Waals surface area contributed by atoms with Gasteiger partial charge in [0.25, 0.3) is 0 Å². The minimum absolute atomic E-state index is 0.878. The fraction of sp³-hybridized carbons (Fsp3) is 0.500. The molecule has 0 bridgehead atoms. The number of hydrogen-bond acceptors (Lipinski definition) is 2. The Morgan fingerprint density at radius 3 is 2.75 bits per heavy atom. The first-order chi connectivity index (χ1) is 3.80. The monoisotopic (exact) mass is 110 g/mol. The average molecular weight is 110 g/mol. The van der Waals surface area contributed by atoms with Crippen molar-refractivity contribution in [2.45, 2.75) is 13.8 Å². The topological polar surface area (TPSA) is 24.4 Å². The minimum Gasteiger partial charge on any atom is -0.306 e. The number of hydrazone groups is 1. The van der Waals surface area contributed by atoms with E-state index in [-0.39, 0.29) is 0 Å². The quantitative estimate of drug-likeness (QED) is 0.492. The maximum absolute atomic E-state index is 4.01. The van der Waals surface area contributed by atoms with Gasteiger partial charge in [-0.05, 0) is 19.4 Å². The molecule has 2 nitrogen and oxygen atoms in total. The summed E-state index contributed by atoms with van der Waals surface area (Å²) in [5.41, 5.74) is 5.25. The van der Waals surface area contributed by atoms with E-state index in [1.807, 2.05) is 6.92 Å². The predicted octanol–water partition coefficient (Wildman–Crippen LogP) is 0.912. The molecule has 0 radical (unpaired) electrons. The molecule has 0 amide bonds. The maximum atomic E-state index is 4.01. The number of nitrogens with one attached hydrogen (secondary N) is 1. The van der Waals surface area contributed by atoms with Crippen molar-refractivity contribution < 1.29 is 0 Å². The van der Waals surface area contributed by atoms with Crippen LogP contribution in [0, 0.1) is 0 Å². The first-order valence-electron chi connectivity index (χ1n) is 2.75. The smallest absolute Gasteiger partial charge is 0.0598 e. The molecule has 1 N–H and O–H groups in total. The second-order valence-electron chi connectivity index (χ2n) is 1.95. The van der Waals surface area contributed by atoms with Crippen molar-refractivity contribution in [3.05, 3.63) is 11.6 Å². The van der Waals surface area contributed by atoms with Crippen molar-refractivity contribution in [1.29, 1.82) is 0 Å². The Bertz CT molecular complexity index is 127. The third kappa shape index (κ3) is 0.886. The van der Waals surface area contributed by atoms with Crippen LogP contribution in [0.25, 0.3) is 0 Å². The molecule has 1 aliphatic rings. The molecule has 1 aliphatic heterocycles. The second kappa shape index (κ2) is 1.99. The summed E-state index contributed by atoms with van der Waals surface area (Å²) in [6, 6.07) is 0. The Morgan fingerprint density at radius 2 is 2.38 bits per heavy atom. The normalized spacial score (nSPS) is 18.8. The molecule has 44 valence electrons. The van der Waals surface area contributed by atoms with Gasteiger partial charge < -0.3 is 5.43 Å². The van der Waals surface area contributed by atoms with Gasteiger partial charge in [-0.2, -0.15) is 5.10 Å². The largest absolute Gasteiger partial charge is 0.306 e. The fourth-order valence-electron chi connectivity index (χ4n) is 0.599. The van der Waals surface area contributed by atoms with Crippen LogP contribution in [-0.2, 0) is 0 Å². The van der Waals surface area contributed by atoms with E-state index in [4.69, 9.17) is 0 Å². The second-order valence-corrected chi connectivity index (χ2v) is 1.95. The zero-order chi connectivity index (χ0) is 5.98. The van der Waals surface area contributed by atoms with Gasteiger partial charge in [0.15, 0.2) is 0 Å². The molecule has 2 heteroatoms. The van der Waals surface area contributed by atoms with Gasteiger partial charge in [-0.3, -0.25) is 0 Å². The summed E-state index contributed by atoms with van der Waals surface area (Å²) in [6.07, 6.45) is 2.13. The molecule has 0 atom stereocenters. The molecule has 0 aliphatic carbocycles. The Kier molecular flexibility index (Phi) is 1.33. The zero-order valence-corrected chi connectivity index (χ0v) is 5.23. The summed E-state index contributed by atoms with van der Waals surface area (Å²) in [6.45, 7) is 4.95. The van der Waals surface area contributed by atoms with E-state index in [9.17, 15) is 0 Å². The highest BCUT2D eigenvalue weighted by Crippen LogP contribution is 1.97. The molecule has 0 fully saturated rings. The molecule has 0 spiro atoms. The molecule has 8 heavy (non-hydrogen) atoms. The summed E-state index contributed by atoms with van der Waals surface area (Å²) in [7, 11) is 0. The van der Waals surface area contributed by atoms with Crippen LogP contribution in [0.5, 0.6) is 0 Å². The number of nitrogens with zero attached hydrogens (tertiary/aromatic N) is 1. The number of allylic oxidation sites excluding steroid dienone is 1. The van der Waals surface area contributed by atoms with E-state index in [2.05, 4.69) is 23.5 Å². The molecular weight excluding hydrogens is 100 g/mol. The van der Waals surface area contributed by atoms with E-state index in [0.29, 0.717) is 0 Å². The van der Waals surface area contributed by atoms with Crippen LogP contribution >= 0.6 is 0 Å². The number of hydrogen-bond donors (Lipinski definition) is 1. The van der Waals surface area contributed by atoms with E-state index in [0.717, 1.165) is 12.3 Å². The van der Waals surface area contributed by atoms with E-state index >= 15 is 0 Å². The maximum Gasteiger partial charge on any atom is 0.0598 e. The Hall–Kier alpha value is -0.790. The van der Waals surface area contributed by atoms with Crippen molar-refractivity contribution in [3.63, 3.8) is 0 Å². The van der Waals surface area contributed by atoms with Gasteiger partial charge in [0.05, 0.1) is 12.3 Å². The van der Waals surface area contributed by atoms with Gasteiger partial charge in [-0.1, -0.05) is 6.08 Å². The van der Waals surface area contributed by atoms with Crippen LogP contribution in [0.2, 0.25) is 0 Å². The number of rotatable bonds is 0. The molecule has 0 saturated carbocycles. The van der Waals surface area contributed by atoms with Crippen LogP contribution in [-0.4, -0.2) is 12.3 Å². The highest BCUT2D eigenvalue weighted by Gasteiger charge is 1.96. The lowest BCUT2D eigenvalue weighted by Crippen LogP contribution is -2.15. The van der Waals surface area contributed by atoms with Crippen molar-refractivity contribution in [2.24, 2.45) is 5.10 Å². The Balaban J connectivity index is 2.73. The lowest BCUT2D eigenvalue weighted by atomic mass is 10.2. The van der Waals surface area contributed by atoms with Gasteiger partial charge in [-0.15, -0.1) is 0 Å². The minimum atomic E-state index is 0.878. The molecule has 1 heterocycles. The molecule has 0 aromatic rings. The molecule has 0 aromatic carbocycles. The van der Waals surface area contributed by atoms with Crippen molar-refractivity contribution in [2.75, 3.05) is 6.54 Å². The zero-order valence-electron chi connectivity index (χ0n) is 5.23. The summed E-state index contributed by atoms with van der Waals surface area (Å²) < 4.78 is 0. The van der Waals surface area contributed by atoms with Gasteiger partial charge >= 0.3 is 0 Å². The average Bonchev–Trinajstić information content (AvgIpc) is 1.77. The van der Waals surface area contributed by atoms with E-state index in [1.165, 1.54) is 5.57 Å². The van der Waals surface area contributed by atoms with Gasteiger partial charge in [-0.25, -0.2) is 0 Å². The van der Waals surface area contributed by atoms with Crippen molar-refractivity contribution in [3.8, 4) is 0 Å². The van der Waals surface area contributed by atoms with Crippen LogP contribution in [0.4, 0.5) is 0 Å². The first-order valence-corrected chi connectivity index (χ1v) is 2.75. The SMILES string of the molecule is CC1=CCNN=C1C. The van der Waals surface area contributed by atoms with Crippen LogP contribution in [0.1, 0.15) is 13.8 Å². The molecular formula is C6H10N2. The molecule has 1 rings (SSSR count).